The van der Waals surface area contributed by atoms with E-state index in [1.165, 1.54) is 6.07 Å². The summed E-state index contributed by atoms with van der Waals surface area (Å²) in [6.45, 7) is 3.40. The summed E-state index contributed by atoms with van der Waals surface area (Å²) >= 11 is 0. The van der Waals surface area contributed by atoms with Gasteiger partial charge in [0.25, 0.3) is 0 Å². The fourth-order valence-corrected chi connectivity index (χ4v) is 5.01. The minimum absolute atomic E-state index is 0.0462. The zero-order chi connectivity index (χ0) is 21.5. The first-order valence-electron chi connectivity index (χ1n) is 10.3. The topological polar surface area (TPSA) is 76.1 Å². The van der Waals surface area contributed by atoms with Gasteiger partial charge in [-0.2, -0.15) is 0 Å². The number of carbonyl (C=O) groups excluding carboxylic acids is 1. The molecule has 1 fully saturated rings. The Morgan fingerprint density at radius 3 is 2.73 bits per heavy atom. The standard InChI is InChI=1S/C23H25FN2O3S/c1-3-11-30(28,29)26-21-10-9-17(14(2)23(21)24)19-12-16(13-22(27)15-7-8-15)25-20-6-4-5-18(19)20/h4-5,9-10,12,15,26H,3,6-8,11,13H2,1-2H3. The highest BCUT2D eigenvalue weighted by atomic mass is 32.2. The van der Waals surface area contributed by atoms with Gasteiger partial charge in [0.1, 0.15) is 5.78 Å². The number of fused-ring (bicyclic) bond motifs is 1. The molecule has 158 valence electrons. The molecule has 0 saturated heterocycles. The molecule has 0 unspecified atom stereocenters. The van der Waals surface area contributed by atoms with Crippen LogP contribution in [0.2, 0.25) is 0 Å². The van der Waals surface area contributed by atoms with E-state index in [-0.39, 0.29) is 23.1 Å². The number of benzene rings is 1. The van der Waals surface area contributed by atoms with E-state index in [0.29, 0.717) is 36.1 Å². The van der Waals surface area contributed by atoms with Gasteiger partial charge in [0.05, 0.1) is 17.1 Å². The van der Waals surface area contributed by atoms with E-state index in [9.17, 15) is 13.2 Å². The van der Waals surface area contributed by atoms with Gasteiger partial charge < -0.3 is 0 Å². The molecule has 30 heavy (non-hydrogen) atoms. The number of aromatic nitrogens is 1. The number of ketones is 1. The Labute approximate surface area is 176 Å². The van der Waals surface area contributed by atoms with Crippen LogP contribution >= 0.6 is 0 Å². The summed E-state index contributed by atoms with van der Waals surface area (Å²) in [6.07, 6.45) is 7.32. The van der Waals surface area contributed by atoms with E-state index in [0.717, 1.165) is 29.7 Å². The number of sulfonamides is 1. The summed E-state index contributed by atoms with van der Waals surface area (Å²) in [5.74, 6) is -0.275. The van der Waals surface area contributed by atoms with E-state index >= 15 is 4.39 Å². The molecule has 0 atom stereocenters. The van der Waals surface area contributed by atoms with Gasteiger partial charge in [0.2, 0.25) is 10.0 Å². The van der Waals surface area contributed by atoms with E-state index in [4.69, 9.17) is 0 Å². The van der Waals surface area contributed by atoms with Gasteiger partial charge in [-0.3, -0.25) is 14.5 Å². The Morgan fingerprint density at radius 2 is 2.03 bits per heavy atom. The average Bonchev–Trinajstić information content (AvgIpc) is 3.43. The molecule has 7 heteroatoms. The van der Waals surface area contributed by atoms with E-state index in [1.807, 2.05) is 18.2 Å². The normalized spacial score (nSPS) is 15.3. The largest absolute Gasteiger partial charge is 0.299 e. The summed E-state index contributed by atoms with van der Waals surface area (Å²) in [5, 5.41) is 0. The minimum atomic E-state index is -3.58. The Hall–Kier alpha value is -2.54. The van der Waals surface area contributed by atoms with Gasteiger partial charge in [-0.05, 0) is 55.0 Å². The van der Waals surface area contributed by atoms with Gasteiger partial charge in [-0.15, -0.1) is 0 Å². The van der Waals surface area contributed by atoms with Gasteiger partial charge in [-0.1, -0.05) is 25.1 Å². The molecule has 0 bridgehead atoms. The van der Waals surface area contributed by atoms with Crippen LogP contribution in [0.4, 0.5) is 10.1 Å². The van der Waals surface area contributed by atoms with Crippen LogP contribution in [0.15, 0.2) is 24.3 Å². The quantitative estimate of drug-likeness (QED) is 0.674. The second-order valence-corrected chi connectivity index (χ2v) is 9.91. The number of hydrogen-bond acceptors (Lipinski definition) is 4. The molecule has 5 nitrogen and oxygen atoms in total. The molecule has 1 aromatic carbocycles. The third-order valence-electron chi connectivity index (χ3n) is 5.59. The first-order chi connectivity index (χ1) is 14.3. The van der Waals surface area contributed by atoms with Crippen molar-refractivity contribution in [3.05, 3.63) is 52.6 Å². The van der Waals surface area contributed by atoms with Crippen LogP contribution in [-0.4, -0.2) is 24.9 Å². The van der Waals surface area contributed by atoms with Crippen molar-refractivity contribution in [1.29, 1.82) is 0 Å². The molecule has 2 aromatic rings. The van der Waals surface area contributed by atoms with E-state index in [1.54, 1.807) is 19.9 Å². The number of rotatable bonds is 8. The van der Waals surface area contributed by atoms with Crippen LogP contribution in [0.3, 0.4) is 0 Å². The molecule has 4 rings (SSSR count). The van der Waals surface area contributed by atoms with Crippen molar-refractivity contribution in [2.24, 2.45) is 5.92 Å². The van der Waals surface area contributed by atoms with Gasteiger partial charge in [0, 0.05) is 30.0 Å². The third kappa shape index (κ3) is 4.17. The summed E-state index contributed by atoms with van der Waals surface area (Å²) in [5.41, 5.74) is 4.34. The Bertz CT molecular complexity index is 1150. The van der Waals surface area contributed by atoms with Crippen LogP contribution in [0.5, 0.6) is 0 Å². The van der Waals surface area contributed by atoms with Crippen molar-refractivity contribution in [3.63, 3.8) is 0 Å². The number of carbonyl (C=O) groups is 1. The minimum Gasteiger partial charge on any atom is -0.299 e. The van der Waals surface area contributed by atoms with Crippen LogP contribution in [0, 0.1) is 18.7 Å². The maximum absolute atomic E-state index is 15.1. The summed E-state index contributed by atoms with van der Waals surface area (Å²) in [7, 11) is -3.58. The lowest BCUT2D eigenvalue weighted by atomic mass is 9.94. The summed E-state index contributed by atoms with van der Waals surface area (Å²) in [6, 6.07) is 5.07. The summed E-state index contributed by atoms with van der Waals surface area (Å²) in [4.78, 5) is 17.0. The highest BCUT2D eigenvalue weighted by Gasteiger charge is 2.30. The van der Waals surface area contributed by atoms with Crippen LogP contribution < -0.4 is 4.72 Å². The predicted octanol–water partition coefficient (Wildman–Crippen LogP) is 4.44. The maximum Gasteiger partial charge on any atom is 0.232 e. The Balaban J connectivity index is 1.73. The molecule has 1 heterocycles. The van der Waals surface area contributed by atoms with Crippen LogP contribution in [0.1, 0.15) is 48.7 Å². The number of anilines is 1. The molecule has 2 aliphatic rings. The first-order valence-corrected chi connectivity index (χ1v) is 12.0. The second-order valence-electron chi connectivity index (χ2n) is 8.07. The first kappa shape index (κ1) is 20.7. The van der Waals surface area contributed by atoms with Crippen molar-refractivity contribution >= 4 is 27.6 Å². The number of pyridine rings is 1. The Kier molecular flexibility index (Phi) is 5.49. The Morgan fingerprint density at radius 1 is 1.27 bits per heavy atom. The third-order valence-corrected chi connectivity index (χ3v) is 7.07. The fourth-order valence-electron chi connectivity index (χ4n) is 3.88. The van der Waals surface area contributed by atoms with Crippen LogP contribution in [-0.2, 0) is 27.7 Å². The van der Waals surface area contributed by atoms with Crippen molar-refractivity contribution in [2.45, 2.75) is 46.0 Å². The molecule has 1 aromatic heterocycles. The molecule has 0 amide bonds. The predicted molar refractivity (Wildman–Crippen MR) is 116 cm³/mol. The number of nitrogens with one attached hydrogen (secondary N) is 1. The molecule has 0 spiro atoms. The number of Topliss-reactive ketones (excluding diaryl/α,β-unsaturated/α-hetero) is 1. The SMILES string of the molecule is CCCS(=O)(=O)Nc1ccc(-c2cc(CC(=O)C3CC3)nc3c2C=CC3)c(C)c1F. The molecule has 0 aliphatic heterocycles. The lowest BCUT2D eigenvalue weighted by molar-refractivity contribution is -0.119. The van der Waals surface area contributed by atoms with Crippen molar-refractivity contribution in [2.75, 3.05) is 10.5 Å². The highest BCUT2D eigenvalue weighted by molar-refractivity contribution is 7.92. The lowest BCUT2D eigenvalue weighted by Gasteiger charge is -2.16. The molecular weight excluding hydrogens is 403 g/mol. The lowest BCUT2D eigenvalue weighted by Crippen LogP contribution is -2.17. The highest BCUT2D eigenvalue weighted by Crippen LogP contribution is 2.37. The molecule has 1 N–H and O–H groups in total. The maximum atomic E-state index is 15.1. The van der Waals surface area contributed by atoms with Gasteiger partial charge in [-0.25, -0.2) is 12.8 Å². The van der Waals surface area contributed by atoms with Gasteiger partial charge >= 0.3 is 0 Å². The van der Waals surface area contributed by atoms with Crippen LogP contribution in [0.25, 0.3) is 17.2 Å². The van der Waals surface area contributed by atoms with Crippen molar-refractivity contribution < 1.29 is 17.6 Å². The zero-order valence-electron chi connectivity index (χ0n) is 17.2. The van der Waals surface area contributed by atoms with Crippen molar-refractivity contribution in [1.82, 2.24) is 4.98 Å². The van der Waals surface area contributed by atoms with Gasteiger partial charge in [0.15, 0.2) is 5.82 Å². The molecule has 1 saturated carbocycles. The molecular formula is C23H25FN2O3S. The number of allylic oxidation sites excluding steroid dienone is 1. The number of hydrogen-bond donors (Lipinski definition) is 1. The molecule has 2 aliphatic carbocycles. The summed E-state index contributed by atoms with van der Waals surface area (Å²) < 4.78 is 41.5. The average molecular weight is 429 g/mol. The van der Waals surface area contributed by atoms with Crippen molar-refractivity contribution in [3.8, 4) is 11.1 Å². The smallest absolute Gasteiger partial charge is 0.232 e. The van der Waals surface area contributed by atoms with E-state index in [2.05, 4.69) is 9.71 Å². The molecule has 0 radical (unpaired) electrons. The fraction of sp³-hybridized carbons (Fsp3) is 0.391. The second kappa shape index (κ2) is 7.95. The number of halogens is 1. The zero-order valence-corrected chi connectivity index (χ0v) is 18.0. The monoisotopic (exact) mass is 428 g/mol. The number of nitrogens with zero attached hydrogens (tertiary/aromatic N) is 1. The van der Waals surface area contributed by atoms with E-state index < -0.39 is 15.8 Å².